The molecular formula is C18H24N4O3S3. The van der Waals surface area contributed by atoms with Crippen LogP contribution in [0.2, 0.25) is 0 Å². The maximum absolute atomic E-state index is 12.0. The molecule has 152 valence electrons. The van der Waals surface area contributed by atoms with Gasteiger partial charge in [0.25, 0.3) is 0 Å². The van der Waals surface area contributed by atoms with Crippen molar-refractivity contribution in [2.75, 3.05) is 31.7 Å². The lowest BCUT2D eigenvalue weighted by Crippen LogP contribution is -2.27. The van der Waals surface area contributed by atoms with Crippen molar-refractivity contribution >= 4 is 46.7 Å². The molecule has 2 amide bonds. The third-order valence-electron chi connectivity index (χ3n) is 3.51. The summed E-state index contributed by atoms with van der Waals surface area (Å²) >= 11 is 4.11. The van der Waals surface area contributed by atoms with Crippen molar-refractivity contribution in [2.24, 2.45) is 0 Å². The number of thioether (sulfide) groups is 2. The molecule has 0 saturated heterocycles. The minimum absolute atomic E-state index is 0.00695. The van der Waals surface area contributed by atoms with Crippen LogP contribution in [0, 0.1) is 0 Å². The molecule has 0 aliphatic carbocycles. The first-order valence-electron chi connectivity index (χ1n) is 8.86. The smallest absolute Gasteiger partial charge is 0.230 e. The van der Waals surface area contributed by atoms with E-state index in [-0.39, 0.29) is 11.8 Å². The Labute approximate surface area is 177 Å². The molecular weight excluding hydrogens is 416 g/mol. The molecule has 2 N–H and O–H groups in total. The summed E-state index contributed by atoms with van der Waals surface area (Å²) in [6.45, 7) is 3.27. The van der Waals surface area contributed by atoms with Crippen LogP contribution in [0.1, 0.15) is 18.9 Å². The number of nitrogens with zero attached hydrogens (tertiary/aromatic N) is 2. The molecule has 10 heteroatoms. The summed E-state index contributed by atoms with van der Waals surface area (Å²) in [5.41, 5.74) is 1.14. The normalized spacial score (nSPS) is 10.5. The van der Waals surface area contributed by atoms with Crippen molar-refractivity contribution in [3.05, 3.63) is 29.8 Å². The number of hydrogen-bond acceptors (Lipinski definition) is 8. The first-order chi connectivity index (χ1) is 13.6. The van der Waals surface area contributed by atoms with Gasteiger partial charge < -0.3 is 15.4 Å². The monoisotopic (exact) mass is 440 g/mol. The Kier molecular flexibility index (Phi) is 10.2. The summed E-state index contributed by atoms with van der Waals surface area (Å²) in [4.78, 5) is 23.6. The van der Waals surface area contributed by atoms with Gasteiger partial charge in [0.2, 0.25) is 11.8 Å². The van der Waals surface area contributed by atoms with Crippen molar-refractivity contribution in [2.45, 2.75) is 28.4 Å². The quantitative estimate of drug-likeness (QED) is 0.490. The molecule has 0 unspecified atom stereocenters. The molecule has 0 fully saturated rings. The fraction of sp³-hybridized carbons (Fsp3) is 0.444. The molecule has 0 atom stereocenters. The molecule has 0 spiro atoms. The molecule has 1 heterocycles. The van der Waals surface area contributed by atoms with Gasteiger partial charge in [-0.2, -0.15) is 0 Å². The third-order valence-corrected chi connectivity index (χ3v) is 6.70. The van der Waals surface area contributed by atoms with E-state index >= 15 is 0 Å². The molecule has 7 nitrogen and oxygen atoms in total. The Balaban J connectivity index is 1.63. The van der Waals surface area contributed by atoms with Gasteiger partial charge in [-0.15, -0.1) is 10.2 Å². The van der Waals surface area contributed by atoms with Crippen molar-refractivity contribution < 1.29 is 14.3 Å². The van der Waals surface area contributed by atoms with E-state index in [2.05, 4.69) is 20.8 Å². The van der Waals surface area contributed by atoms with Crippen LogP contribution in [0.5, 0.6) is 5.75 Å². The van der Waals surface area contributed by atoms with Crippen LogP contribution >= 0.6 is 34.9 Å². The number of amides is 2. The summed E-state index contributed by atoms with van der Waals surface area (Å²) in [5.74, 6) is 1.39. The van der Waals surface area contributed by atoms with Gasteiger partial charge in [0.15, 0.2) is 8.68 Å². The first-order valence-corrected chi connectivity index (χ1v) is 11.6. The minimum Gasteiger partial charge on any atom is -0.497 e. The van der Waals surface area contributed by atoms with Crippen LogP contribution in [0.4, 0.5) is 0 Å². The van der Waals surface area contributed by atoms with Gasteiger partial charge in [-0.25, -0.2) is 0 Å². The van der Waals surface area contributed by atoms with E-state index in [9.17, 15) is 9.59 Å². The molecule has 1 aromatic heterocycles. The highest BCUT2D eigenvalue weighted by atomic mass is 32.2. The zero-order chi connectivity index (χ0) is 20.2. The van der Waals surface area contributed by atoms with E-state index in [1.54, 1.807) is 7.11 Å². The van der Waals surface area contributed by atoms with Crippen molar-refractivity contribution in [3.8, 4) is 5.75 Å². The number of ether oxygens (including phenoxy) is 1. The topological polar surface area (TPSA) is 93.2 Å². The molecule has 28 heavy (non-hydrogen) atoms. The van der Waals surface area contributed by atoms with Gasteiger partial charge in [-0.05, 0) is 30.5 Å². The third kappa shape index (κ3) is 8.49. The second kappa shape index (κ2) is 12.6. The number of aromatic nitrogens is 2. The summed E-state index contributed by atoms with van der Waals surface area (Å²) in [6, 6.07) is 7.79. The van der Waals surface area contributed by atoms with Gasteiger partial charge in [-0.3, -0.25) is 9.59 Å². The second-order valence-electron chi connectivity index (χ2n) is 5.71. The Bertz CT molecular complexity index is 753. The lowest BCUT2D eigenvalue weighted by molar-refractivity contribution is -0.119. The van der Waals surface area contributed by atoms with Crippen molar-refractivity contribution in [1.29, 1.82) is 0 Å². The Morgan fingerprint density at radius 3 is 2.11 bits per heavy atom. The Morgan fingerprint density at radius 1 is 1.00 bits per heavy atom. The molecule has 0 aliphatic heterocycles. The SMILES string of the molecule is CCCNC(=O)CSc1nnc(SCC(=O)NCCc2ccc(OC)cc2)s1. The molecule has 0 saturated carbocycles. The maximum Gasteiger partial charge on any atom is 0.230 e. The van der Waals surface area contributed by atoms with Gasteiger partial charge in [0.05, 0.1) is 18.6 Å². The molecule has 2 aromatic rings. The predicted octanol–water partition coefficient (Wildman–Crippen LogP) is 2.62. The number of carbonyl (C=O) groups is 2. The van der Waals surface area contributed by atoms with Crippen LogP contribution in [0.15, 0.2) is 32.9 Å². The number of rotatable bonds is 12. The van der Waals surface area contributed by atoms with Crippen molar-refractivity contribution in [3.63, 3.8) is 0 Å². The van der Waals surface area contributed by atoms with Crippen LogP contribution in [-0.2, 0) is 16.0 Å². The van der Waals surface area contributed by atoms with E-state index in [1.165, 1.54) is 34.9 Å². The van der Waals surface area contributed by atoms with E-state index in [0.29, 0.717) is 24.6 Å². The summed E-state index contributed by atoms with van der Waals surface area (Å²) in [6.07, 6.45) is 1.68. The zero-order valence-electron chi connectivity index (χ0n) is 15.9. The number of hydrogen-bond donors (Lipinski definition) is 2. The predicted molar refractivity (Wildman–Crippen MR) is 114 cm³/mol. The average molecular weight is 441 g/mol. The van der Waals surface area contributed by atoms with Crippen LogP contribution in [-0.4, -0.2) is 53.7 Å². The largest absolute Gasteiger partial charge is 0.497 e. The number of benzene rings is 1. The summed E-state index contributed by atoms with van der Waals surface area (Å²) in [5, 5.41) is 13.8. The Morgan fingerprint density at radius 2 is 1.57 bits per heavy atom. The van der Waals surface area contributed by atoms with Gasteiger partial charge in [0, 0.05) is 13.1 Å². The summed E-state index contributed by atoms with van der Waals surface area (Å²) in [7, 11) is 1.64. The number of nitrogens with one attached hydrogen (secondary N) is 2. The highest BCUT2D eigenvalue weighted by molar-refractivity contribution is 8.03. The second-order valence-corrected chi connectivity index (χ2v) is 9.13. The van der Waals surface area contributed by atoms with E-state index in [4.69, 9.17) is 4.74 Å². The molecule has 0 bridgehead atoms. The first kappa shape index (κ1) is 22.5. The highest BCUT2D eigenvalue weighted by Gasteiger charge is 2.10. The van der Waals surface area contributed by atoms with E-state index in [0.717, 1.165) is 32.8 Å². The average Bonchev–Trinajstić information content (AvgIpc) is 3.17. The lowest BCUT2D eigenvalue weighted by Gasteiger charge is -2.05. The zero-order valence-corrected chi connectivity index (χ0v) is 18.3. The molecule has 0 aliphatic rings. The molecule has 1 aromatic carbocycles. The lowest BCUT2D eigenvalue weighted by atomic mass is 10.1. The van der Waals surface area contributed by atoms with Gasteiger partial charge >= 0.3 is 0 Å². The fourth-order valence-electron chi connectivity index (χ4n) is 2.07. The number of methoxy groups -OCH3 is 1. The standard InChI is InChI=1S/C18H24N4O3S3/c1-3-9-19-15(23)11-26-17-21-22-18(28-17)27-12-16(24)20-10-8-13-4-6-14(25-2)7-5-13/h4-7H,3,8-12H2,1-2H3,(H,19,23)(H,20,24). The molecule has 2 rings (SSSR count). The van der Waals surface area contributed by atoms with Gasteiger partial charge in [0.1, 0.15) is 5.75 Å². The van der Waals surface area contributed by atoms with Gasteiger partial charge in [-0.1, -0.05) is 53.9 Å². The van der Waals surface area contributed by atoms with Crippen LogP contribution in [0.25, 0.3) is 0 Å². The Hall–Kier alpha value is -1.78. The molecule has 0 radical (unpaired) electrons. The highest BCUT2D eigenvalue weighted by Crippen LogP contribution is 2.28. The van der Waals surface area contributed by atoms with E-state index in [1.807, 2.05) is 31.2 Å². The summed E-state index contributed by atoms with van der Waals surface area (Å²) < 4.78 is 6.58. The van der Waals surface area contributed by atoms with E-state index < -0.39 is 0 Å². The minimum atomic E-state index is -0.0399. The van der Waals surface area contributed by atoms with Crippen LogP contribution in [0.3, 0.4) is 0 Å². The van der Waals surface area contributed by atoms with Crippen LogP contribution < -0.4 is 15.4 Å². The van der Waals surface area contributed by atoms with Crippen molar-refractivity contribution in [1.82, 2.24) is 20.8 Å². The fourth-order valence-corrected chi connectivity index (χ4v) is 4.75. The maximum atomic E-state index is 12.0. The number of carbonyl (C=O) groups excluding carboxylic acids is 2.